The molecule has 3 N–H and O–H groups in total. The molecule has 2 rings (SSSR count). The molecular weight excluding hydrogens is 314 g/mol. The number of hydrogen-bond acceptors (Lipinski definition) is 2. The van der Waals surface area contributed by atoms with Crippen molar-refractivity contribution in [1.29, 1.82) is 0 Å². The molecule has 0 saturated heterocycles. The maximum absolute atomic E-state index is 12.1. The Bertz CT molecular complexity index is 774. The van der Waals surface area contributed by atoms with Crippen LogP contribution in [0.5, 0.6) is 0 Å². The maximum atomic E-state index is 12.1. The van der Waals surface area contributed by atoms with Crippen molar-refractivity contribution in [3.8, 4) is 0 Å². The normalized spacial score (nSPS) is 13.1. The Labute approximate surface area is 148 Å². The number of aromatic amines is 1. The van der Waals surface area contributed by atoms with Gasteiger partial charge in [-0.2, -0.15) is 0 Å². The lowest BCUT2D eigenvalue weighted by atomic mass is 9.90. The third kappa shape index (κ3) is 4.95. The first-order valence-corrected chi connectivity index (χ1v) is 8.63. The number of hydrogen-bond donors (Lipinski definition) is 3. The Kier molecular flexibility index (Phi) is 6.02. The maximum Gasteiger partial charge on any atom is 0.229 e. The molecule has 0 bridgehead atoms. The van der Waals surface area contributed by atoms with Gasteiger partial charge in [0.05, 0.1) is 11.5 Å². The molecule has 0 aliphatic rings. The zero-order valence-electron chi connectivity index (χ0n) is 15.3. The SMILES string of the molecule is CCNC(=O)C(C)(C)/C=C/[C@@H](Cc1c[nH]c2ccccc12)NC(C)=O. The summed E-state index contributed by atoms with van der Waals surface area (Å²) in [5.74, 6) is -0.120. The second-order valence-electron chi connectivity index (χ2n) is 6.81. The van der Waals surface area contributed by atoms with Crippen molar-refractivity contribution in [1.82, 2.24) is 15.6 Å². The van der Waals surface area contributed by atoms with Crippen LogP contribution in [-0.4, -0.2) is 29.4 Å². The van der Waals surface area contributed by atoms with Gasteiger partial charge >= 0.3 is 0 Å². The van der Waals surface area contributed by atoms with E-state index in [1.165, 1.54) is 6.92 Å². The van der Waals surface area contributed by atoms with Crippen LogP contribution in [0.25, 0.3) is 10.9 Å². The van der Waals surface area contributed by atoms with Gasteiger partial charge in [-0.25, -0.2) is 0 Å². The third-order valence-electron chi connectivity index (χ3n) is 4.17. The van der Waals surface area contributed by atoms with E-state index in [2.05, 4.69) is 21.7 Å². The van der Waals surface area contributed by atoms with Crippen LogP contribution in [0.4, 0.5) is 0 Å². The average molecular weight is 341 g/mol. The lowest BCUT2D eigenvalue weighted by Crippen LogP contribution is -2.37. The molecule has 1 atom stereocenters. The van der Waals surface area contributed by atoms with Crippen LogP contribution < -0.4 is 10.6 Å². The van der Waals surface area contributed by atoms with Crippen LogP contribution in [0.3, 0.4) is 0 Å². The summed E-state index contributed by atoms with van der Waals surface area (Å²) in [6, 6.07) is 7.91. The van der Waals surface area contributed by atoms with E-state index in [1.807, 2.05) is 57.3 Å². The third-order valence-corrected chi connectivity index (χ3v) is 4.17. The van der Waals surface area contributed by atoms with Gasteiger partial charge in [0.2, 0.25) is 11.8 Å². The summed E-state index contributed by atoms with van der Waals surface area (Å²) in [6.45, 7) is 7.73. The first-order chi connectivity index (χ1) is 11.8. The van der Waals surface area contributed by atoms with Crippen molar-refractivity contribution in [2.75, 3.05) is 6.54 Å². The highest BCUT2D eigenvalue weighted by molar-refractivity contribution is 5.84. The number of aromatic nitrogens is 1. The summed E-state index contributed by atoms with van der Waals surface area (Å²) < 4.78 is 0. The van der Waals surface area contributed by atoms with Crippen molar-refractivity contribution < 1.29 is 9.59 Å². The van der Waals surface area contributed by atoms with Crippen molar-refractivity contribution >= 4 is 22.7 Å². The number of carbonyl (C=O) groups is 2. The average Bonchev–Trinajstić information content (AvgIpc) is 2.96. The summed E-state index contributed by atoms with van der Waals surface area (Å²) >= 11 is 0. The van der Waals surface area contributed by atoms with Gasteiger partial charge in [-0.15, -0.1) is 0 Å². The summed E-state index contributed by atoms with van der Waals surface area (Å²) in [6.07, 6.45) is 6.42. The van der Waals surface area contributed by atoms with E-state index in [1.54, 1.807) is 0 Å². The van der Waals surface area contributed by atoms with Gasteiger partial charge in [0.25, 0.3) is 0 Å². The Morgan fingerprint density at radius 2 is 2.00 bits per heavy atom. The second-order valence-corrected chi connectivity index (χ2v) is 6.81. The largest absolute Gasteiger partial charge is 0.361 e. The number of para-hydroxylation sites is 1. The summed E-state index contributed by atoms with van der Waals surface area (Å²) in [5, 5.41) is 6.94. The molecule has 5 heteroatoms. The molecular formula is C20H27N3O2. The highest BCUT2D eigenvalue weighted by atomic mass is 16.2. The predicted molar refractivity (Wildman–Crippen MR) is 101 cm³/mol. The number of H-pyrrole nitrogens is 1. The van der Waals surface area contributed by atoms with Gasteiger partial charge in [-0.3, -0.25) is 9.59 Å². The lowest BCUT2D eigenvalue weighted by Gasteiger charge is -2.21. The van der Waals surface area contributed by atoms with E-state index in [4.69, 9.17) is 0 Å². The molecule has 1 aromatic heterocycles. The Morgan fingerprint density at radius 1 is 1.28 bits per heavy atom. The highest BCUT2D eigenvalue weighted by Crippen LogP contribution is 2.21. The van der Waals surface area contributed by atoms with E-state index in [-0.39, 0.29) is 17.9 Å². The van der Waals surface area contributed by atoms with E-state index >= 15 is 0 Å². The number of nitrogens with one attached hydrogen (secondary N) is 3. The van der Waals surface area contributed by atoms with Crippen molar-refractivity contribution in [2.24, 2.45) is 5.41 Å². The minimum atomic E-state index is -0.632. The van der Waals surface area contributed by atoms with E-state index in [9.17, 15) is 9.59 Å². The minimum Gasteiger partial charge on any atom is -0.361 e. The van der Waals surface area contributed by atoms with Crippen LogP contribution >= 0.6 is 0 Å². The monoisotopic (exact) mass is 341 g/mol. The lowest BCUT2D eigenvalue weighted by molar-refractivity contribution is -0.127. The van der Waals surface area contributed by atoms with Crippen molar-refractivity contribution in [3.05, 3.63) is 48.2 Å². The van der Waals surface area contributed by atoms with Gasteiger partial charge in [0.15, 0.2) is 0 Å². The molecule has 0 unspecified atom stereocenters. The summed E-state index contributed by atoms with van der Waals surface area (Å²) in [4.78, 5) is 27.0. The second kappa shape index (κ2) is 8.01. The summed E-state index contributed by atoms with van der Waals surface area (Å²) in [7, 11) is 0. The molecule has 0 spiro atoms. The van der Waals surface area contributed by atoms with Crippen molar-refractivity contribution in [3.63, 3.8) is 0 Å². The minimum absolute atomic E-state index is 0.0279. The molecule has 2 aromatic rings. The molecule has 134 valence electrons. The van der Waals surface area contributed by atoms with Crippen LogP contribution in [0.1, 0.15) is 33.3 Å². The number of carbonyl (C=O) groups excluding carboxylic acids is 2. The fraction of sp³-hybridized carbons (Fsp3) is 0.400. The number of amides is 2. The van der Waals surface area contributed by atoms with Crippen LogP contribution in [0.15, 0.2) is 42.6 Å². The first-order valence-electron chi connectivity index (χ1n) is 8.63. The highest BCUT2D eigenvalue weighted by Gasteiger charge is 2.24. The van der Waals surface area contributed by atoms with Gasteiger partial charge < -0.3 is 15.6 Å². The van der Waals surface area contributed by atoms with Crippen LogP contribution in [0.2, 0.25) is 0 Å². The Morgan fingerprint density at radius 3 is 2.68 bits per heavy atom. The number of fused-ring (bicyclic) bond motifs is 1. The summed E-state index contributed by atoms with van der Waals surface area (Å²) in [5.41, 5.74) is 1.58. The van der Waals surface area contributed by atoms with E-state index in [0.29, 0.717) is 13.0 Å². The standard InChI is InChI=1S/C20H27N3O2/c1-5-21-19(25)20(3,4)11-10-16(23-14(2)24)12-15-13-22-18-9-7-6-8-17(15)18/h6-11,13,16,22H,5,12H2,1-4H3,(H,21,25)(H,23,24)/b11-10+/t16-/m0/s1. The molecule has 0 radical (unpaired) electrons. The van der Waals surface area contributed by atoms with Gasteiger partial charge in [-0.1, -0.05) is 30.4 Å². The van der Waals surface area contributed by atoms with Crippen LogP contribution in [-0.2, 0) is 16.0 Å². The molecule has 0 fully saturated rings. The molecule has 25 heavy (non-hydrogen) atoms. The van der Waals surface area contributed by atoms with E-state index in [0.717, 1.165) is 16.5 Å². The molecule has 0 aliphatic heterocycles. The Hall–Kier alpha value is -2.56. The van der Waals surface area contributed by atoms with Crippen molar-refractivity contribution in [2.45, 2.75) is 40.2 Å². The molecule has 2 amide bonds. The Balaban J connectivity index is 2.20. The molecule has 5 nitrogen and oxygen atoms in total. The number of rotatable bonds is 7. The predicted octanol–water partition coefficient (Wildman–Crippen LogP) is 2.93. The smallest absolute Gasteiger partial charge is 0.229 e. The quantitative estimate of drug-likeness (QED) is 0.678. The van der Waals surface area contributed by atoms with Gasteiger partial charge in [0.1, 0.15) is 0 Å². The molecule has 1 aromatic carbocycles. The fourth-order valence-corrected chi connectivity index (χ4v) is 2.79. The molecule has 1 heterocycles. The topological polar surface area (TPSA) is 74.0 Å². The van der Waals surface area contributed by atoms with Gasteiger partial charge in [-0.05, 0) is 38.8 Å². The first kappa shape index (κ1) is 18.8. The molecule has 0 aliphatic carbocycles. The number of benzene rings is 1. The molecule has 0 saturated carbocycles. The zero-order chi connectivity index (χ0) is 18.4. The van der Waals surface area contributed by atoms with E-state index < -0.39 is 5.41 Å². The van der Waals surface area contributed by atoms with Gasteiger partial charge in [0, 0.05) is 30.6 Å². The fourth-order valence-electron chi connectivity index (χ4n) is 2.79. The zero-order valence-corrected chi connectivity index (χ0v) is 15.3. The van der Waals surface area contributed by atoms with Crippen LogP contribution in [0, 0.1) is 5.41 Å².